The smallest absolute Gasteiger partial charge is 0.333 e. The molecule has 7 aliphatic rings. The number of aliphatic hydroxyl groups is 3. The van der Waals surface area contributed by atoms with Gasteiger partial charge >= 0.3 is 5.97 Å². The van der Waals surface area contributed by atoms with Gasteiger partial charge in [-0.25, -0.2) is 4.79 Å². The molecule has 15 heteroatoms. The van der Waals surface area contributed by atoms with Crippen molar-refractivity contribution in [1.29, 1.82) is 0 Å². The zero-order chi connectivity index (χ0) is 50.1. The van der Waals surface area contributed by atoms with E-state index in [2.05, 4.69) is 50.6 Å². The van der Waals surface area contributed by atoms with Crippen LogP contribution >= 0.6 is 0 Å². The number of benzene rings is 1. The maximum absolute atomic E-state index is 16.7. The van der Waals surface area contributed by atoms with Crippen LogP contribution in [0, 0.1) is 23.7 Å². The largest absolute Gasteiger partial charge is 0.482 e. The topological polar surface area (TPSA) is 183 Å². The monoisotopic (exact) mass is 961 g/mol. The minimum atomic E-state index is -2.30. The number of esters is 1. The zero-order valence-corrected chi connectivity index (χ0v) is 42.8. The highest BCUT2D eigenvalue weighted by molar-refractivity contribution is 6.09. The van der Waals surface area contributed by atoms with Crippen LogP contribution in [-0.4, -0.2) is 149 Å². The number of Topliss-reactive ketones (excluding diaryl/α,β-unsaturated/α-hetero) is 2. The number of piperazine rings is 1. The highest BCUT2D eigenvalue weighted by atomic mass is 16.8. The summed E-state index contributed by atoms with van der Waals surface area (Å²) in [5.74, 6) is -4.04. The van der Waals surface area contributed by atoms with Gasteiger partial charge in [-0.1, -0.05) is 43.2 Å². The van der Waals surface area contributed by atoms with Crippen molar-refractivity contribution in [2.24, 2.45) is 23.7 Å². The number of carbonyl (C=O) groups excluding carboxylic acids is 3. The molecule has 7 unspecified atom stereocenters. The zero-order valence-electron chi connectivity index (χ0n) is 42.8. The normalized spacial score (nSPS) is 36.2. The number of ketones is 2. The molecular formula is C54H76N2O13. The number of likely N-dealkylation sites (N-methyl/N-ethyl adjacent to an activating group) is 1. The third-order valence-corrected chi connectivity index (χ3v) is 15.9. The molecule has 0 amide bonds. The van der Waals surface area contributed by atoms with Crippen molar-refractivity contribution in [3.05, 3.63) is 57.7 Å². The van der Waals surface area contributed by atoms with E-state index in [9.17, 15) is 20.1 Å². The number of fused-ring (bicyclic) bond motifs is 4. The predicted octanol–water partition coefficient (Wildman–Crippen LogP) is 6.13. The molecule has 0 radical (unpaired) electrons. The molecule has 2 bridgehead atoms. The molecule has 380 valence electrons. The first-order chi connectivity index (χ1) is 32.5. The molecule has 1 aromatic rings. The van der Waals surface area contributed by atoms with Crippen molar-refractivity contribution in [1.82, 2.24) is 9.80 Å². The van der Waals surface area contributed by atoms with Crippen LogP contribution in [0.4, 0.5) is 0 Å². The first-order valence-corrected chi connectivity index (χ1v) is 25.0. The maximum Gasteiger partial charge on any atom is 0.333 e. The van der Waals surface area contributed by atoms with Crippen molar-refractivity contribution in [2.45, 2.75) is 167 Å². The van der Waals surface area contributed by atoms with E-state index in [0.717, 1.165) is 25.1 Å². The molecule has 5 fully saturated rings. The van der Waals surface area contributed by atoms with E-state index in [-0.39, 0.29) is 66.1 Å². The van der Waals surface area contributed by atoms with Crippen molar-refractivity contribution < 1.29 is 62.9 Å². The summed E-state index contributed by atoms with van der Waals surface area (Å²) >= 11 is 0. The fraction of sp³-hybridized carbons (Fsp3) is 0.685. The van der Waals surface area contributed by atoms with E-state index in [1.165, 1.54) is 18.8 Å². The van der Waals surface area contributed by atoms with Gasteiger partial charge < -0.3 is 53.4 Å². The Kier molecular flexibility index (Phi) is 14.3. The van der Waals surface area contributed by atoms with Crippen LogP contribution in [0.25, 0.3) is 6.08 Å². The quantitative estimate of drug-likeness (QED) is 0.123. The summed E-state index contributed by atoms with van der Waals surface area (Å²) in [5, 5.41) is 37.3. The number of hydrogen-bond donors (Lipinski definition) is 3. The molecule has 5 heterocycles. The summed E-state index contributed by atoms with van der Waals surface area (Å²) in [7, 11) is 3.35. The second kappa shape index (κ2) is 19.2. The van der Waals surface area contributed by atoms with Crippen LogP contribution in [0.5, 0.6) is 17.2 Å². The summed E-state index contributed by atoms with van der Waals surface area (Å²) < 4.78 is 45.3. The number of allylic oxidation sites excluding steroid dienone is 4. The molecule has 3 N–H and O–H groups in total. The van der Waals surface area contributed by atoms with Crippen molar-refractivity contribution in [2.75, 3.05) is 46.9 Å². The van der Waals surface area contributed by atoms with Gasteiger partial charge in [-0.2, -0.15) is 0 Å². The molecule has 3 saturated heterocycles. The van der Waals surface area contributed by atoms with Gasteiger partial charge in [0.1, 0.15) is 52.8 Å². The van der Waals surface area contributed by atoms with Gasteiger partial charge in [0, 0.05) is 62.1 Å². The standard InChI is InChI=1S/C54H76N2O13/c1-29(2)14-13-21-52(10)22-20-35-45(68-52)34(16-15-30(3)4)47-38(46(35)66-50-44(60)43(59)48-36(65-50)28-64-51(8,9)67-48)42(58)40-41(56-26-24-55(11)25-27-56)33-17-18-37(57)53(62,23-19-32(7)49(61)63-12)54(40,69-47)39(33)31(5)6/h14-15,19-20,22,31,33,36,39-41,43-44,48,50,59-60,62H,13,16-18,21,23-28H2,1-12H3/b32-19-/t33?,36-,39?,40?,41?,43-,44-,48-,50+,52?,53?,54?/m0/s1. The molecule has 69 heavy (non-hydrogen) atoms. The number of aliphatic hydroxyl groups excluding tert-OH is 2. The highest BCUT2D eigenvalue weighted by Crippen LogP contribution is 2.66. The van der Waals surface area contributed by atoms with Crippen LogP contribution in [-0.2, 0) is 35.0 Å². The van der Waals surface area contributed by atoms with E-state index in [0.29, 0.717) is 42.8 Å². The van der Waals surface area contributed by atoms with Gasteiger partial charge in [-0.05, 0) is 112 Å². The molecule has 2 saturated carbocycles. The lowest BCUT2D eigenvalue weighted by molar-refractivity contribution is -0.373. The summed E-state index contributed by atoms with van der Waals surface area (Å²) in [6.07, 6.45) is 4.96. The molecule has 5 aliphatic heterocycles. The molecule has 12 atom stereocenters. The van der Waals surface area contributed by atoms with Crippen molar-refractivity contribution in [3.63, 3.8) is 0 Å². The molecule has 2 aliphatic carbocycles. The predicted molar refractivity (Wildman–Crippen MR) is 258 cm³/mol. The third-order valence-electron chi connectivity index (χ3n) is 15.9. The van der Waals surface area contributed by atoms with Gasteiger partial charge in [0.15, 0.2) is 28.6 Å². The molecular weight excluding hydrogens is 885 g/mol. The minimum absolute atomic E-state index is 0.0323. The summed E-state index contributed by atoms with van der Waals surface area (Å²) in [4.78, 5) is 49.3. The van der Waals surface area contributed by atoms with Crippen LogP contribution in [0.15, 0.2) is 41.0 Å². The fourth-order valence-corrected chi connectivity index (χ4v) is 12.5. The number of ether oxygens (including phenoxy) is 7. The van der Waals surface area contributed by atoms with Gasteiger partial charge in [0.2, 0.25) is 6.29 Å². The Labute approximate surface area is 407 Å². The van der Waals surface area contributed by atoms with Gasteiger partial charge in [-0.15, -0.1) is 0 Å². The number of rotatable bonds is 12. The Morgan fingerprint density at radius 3 is 2.30 bits per heavy atom. The molecule has 15 nitrogen and oxygen atoms in total. The van der Waals surface area contributed by atoms with E-state index in [4.69, 9.17) is 33.2 Å². The van der Waals surface area contributed by atoms with E-state index in [1.807, 2.05) is 39.0 Å². The van der Waals surface area contributed by atoms with Crippen LogP contribution in [0.3, 0.4) is 0 Å². The Morgan fingerprint density at radius 1 is 0.957 bits per heavy atom. The van der Waals surface area contributed by atoms with Crippen LogP contribution in [0.2, 0.25) is 0 Å². The van der Waals surface area contributed by atoms with E-state index >= 15 is 9.59 Å². The molecule has 0 aromatic heterocycles. The van der Waals surface area contributed by atoms with Crippen LogP contribution in [0.1, 0.15) is 123 Å². The SMILES string of the molecule is COC(=O)/C(C)=C\CC1(O)C(=O)CCC2C(N3CCN(C)CC3)C3C(=O)c4c(O[C@H]5O[C@H]6COC(C)(C)O[C@@H]6[C@@H](O)[C@@H]5O)c5c(c(CC=C(C)C)c4OC31C2C(C)C)OC(C)(CCC=C(C)C)C=C5. The van der Waals surface area contributed by atoms with E-state index < -0.39 is 82.9 Å². The minimum Gasteiger partial charge on any atom is -0.482 e. The van der Waals surface area contributed by atoms with Gasteiger partial charge in [0.25, 0.3) is 0 Å². The molecule has 1 aromatic carbocycles. The van der Waals surface area contributed by atoms with Crippen LogP contribution < -0.4 is 14.2 Å². The molecule has 8 rings (SSSR count). The highest BCUT2D eigenvalue weighted by Gasteiger charge is 2.78. The second-order valence-corrected chi connectivity index (χ2v) is 22.1. The van der Waals surface area contributed by atoms with Crippen molar-refractivity contribution in [3.8, 4) is 17.2 Å². The summed E-state index contributed by atoms with van der Waals surface area (Å²) in [6.45, 7) is 22.1. The van der Waals surface area contributed by atoms with Gasteiger partial charge in [0.05, 0.1) is 25.2 Å². The Bertz CT molecular complexity index is 2300. The van der Waals surface area contributed by atoms with Crippen molar-refractivity contribution >= 4 is 23.6 Å². The number of hydrogen-bond acceptors (Lipinski definition) is 15. The summed E-state index contributed by atoms with van der Waals surface area (Å²) in [5.41, 5.74) is -1.55. The Morgan fingerprint density at radius 2 is 1.65 bits per heavy atom. The molecule has 1 spiro atoms. The average molecular weight is 961 g/mol. The maximum atomic E-state index is 16.7. The fourth-order valence-electron chi connectivity index (χ4n) is 12.5. The summed E-state index contributed by atoms with van der Waals surface area (Å²) in [6, 6.07) is -0.466. The number of methoxy groups -OCH3 is 1. The third kappa shape index (κ3) is 9.06. The first-order valence-electron chi connectivity index (χ1n) is 25.0. The van der Waals surface area contributed by atoms with Gasteiger partial charge in [-0.3, -0.25) is 14.5 Å². The lowest BCUT2D eigenvalue weighted by Crippen LogP contribution is -2.71. The lowest BCUT2D eigenvalue weighted by Gasteiger charge is -2.54. The second-order valence-electron chi connectivity index (χ2n) is 22.1. The Balaban J connectivity index is 1.41. The van der Waals surface area contributed by atoms with E-state index in [1.54, 1.807) is 20.8 Å². The lowest BCUT2D eigenvalue weighted by atomic mass is 9.61. The first kappa shape index (κ1) is 51.4. The average Bonchev–Trinajstić information content (AvgIpc) is 3.55. The number of carbonyl (C=O) groups is 3. The Hall–Kier alpha value is -3.93. The number of nitrogens with zero attached hydrogens (tertiary/aromatic N) is 2.